The average Bonchev–Trinajstić information content (AvgIpc) is 2.16. The Kier molecular flexibility index (Phi) is 2.83. The molecule has 3 nitrogen and oxygen atoms in total. The third-order valence-electron chi connectivity index (χ3n) is 1.46. The van der Waals surface area contributed by atoms with Crippen molar-refractivity contribution in [1.29, 1.82) is 10.5 Å². The molecule has 0 aromatic heterocycles. The summed E-state index contributed by atoms with van der Waals surface area (Å²) < 4.78 is 13.0. The number of nitrogens with zero attached hydrogens (tertiary/aromatic N) is 2. The molecule has 64 valence electrons. The van der Waals surface area contributed by atoms with Gasteiger partial charge in [-0.2, -0.15) is 10.5 Å². The number of nitriles is 2. The van der Waals surface area contributed by atoms with Crippen LogP contribution in [0.2, 0.25) is 0 Å². The number of nitrogens with one attached hydrogen (secondary N) is 1. The fourth-order valence-electron chi connectivity index (χ4n) is 0.863. The molecule has 0 spiro atoms. The van der Waals surface area contributed by atoms with Gasteiger partial charge >= 0.3 is 0 Å². The lowest BCUT2D eigenvalue weighted by atomic mass is 10.2. The van der Waals surface area contributed by atoms with Gasteiger partial charge in [-0.15, -0.1) is 0 Å². The third-order valence-corrected chi connectivity index (χ3v) is 1.46. The first-order valence-corrected chi connectivity index (χ1v) is 3.58. The molecule has 0 aliphatic carbocycles. The van der Waals surface area contributed by atoms with Gasteiger partial charge < -0.3 is 5.32 Å². The van der Waals surface area contributed by atoms with Gasteiger partial charge in [0.05, 0.1) is 23.4 Å². The molecule has 0 unspecified atom stereocenters. The molecule has 1 aromatic carbocycles. The Morgan fingerprint density at radius 3 is 2.69 bits per heavy atom. The minimum absolute atomic E-state index is 0.0445. The van der Waals surface area contributed by atoms with E-state index >= 15 is 0 Å². The van der Waals surface area contributed by atoms with E-state index < -0.39 is 5.82 Å². The van der Waals surface area contributed by atoms with Crippen LogP contribution < -0.4 is 5.32 Å². The minimum atomic E-state index is -0.519. The topological polar surface area (TPSA) is 59.6 Å². The fraction of sp³-hybridized carbons (Fsp3) is 0.111. The average molecular weight is 175 g/mol. The van der Waals surface area contributed by atoms with E-state index in [0.29, 0.717) is 0 Å². The summed E-state index contributed by atoms with van der Waals surface area (Å²) >= 11 is 0. The van der Waals surface area contributed by atoms with E-state index in [1.807, 2.05) is 12.1 Å². The van der Waals surface area contributed by atoms with Crippen molar-refractivity contribution in [2.45, 2.75) is 0 Å². The van der Waals surface area contributed by atoms with Crippen molar-refractivity contribution in [2.24, 2.45) is 0 Å². The fourth-order valence-corrected chi connectivity index (χ4v) is 0.863. The second kappa shape index (κ2) is 4.08. The molecule has 0 heterocycles. The summed E-state index contributed by atoms with van der Waals surface area (Å²) in [5, 5.41) is 19.2. The van der Waals surface area contributed by atoms with Gasteiger partial charge in [0.2, 0.25) is 0 Å². The zero-order valence-electron chi connectivity index (χ0n) is 6.71. The molecule has 4 heteroatoms. The maximum Gasteiger partial charge on any atom is 0.147 e. The second-order valence-electron chi connectivity index (χ2n) is 2.32. The van der Waals surface area contributed by atoms with E-state index in [1.165, 1.54) is 12.1 Å². The predicted molar refractivity (Wildman–Crippen MR) is 45.2 cm³/mol. The van der Waals surface area contributed by atoms with Gasteiger partial charge in [-0.3, -0.25) is 0 Å². The number of hydrogen-bond acceptors (Lipinski definition) is 3. The zero-order valence-corrected chi connectivity index (χ0v) is 6.71. The smallest absolute Gasteiger partial charge is 0.147 e. The van der Waals surface area contributed by atoms with E-state index in [-0.39, 0.29) is 17.8 Å². The lowest BCUT2D eigenvalue weighted by Gasteiger charge is -2.02. The largest absolute Gasteiger partial charge is 0.370 e. The van der Waals surface area contributed by atoms with Crippen LogP contribution in [0.25, 0.3) is 0 Å². The van der Waals surface area contributed by atoms with Crippen LogP contribution in [0.1, 0.15) is 5.56 Å². The number of hydrogen-bond donors (Lipinski definition) is 1. The van der Waals surface area contributed by atoms with Crippen LogP contribution >= 0.6 is 0 Å². The zero-order chi connectivity index (χ0) is 9.68. The molecular weight excluding hydrogens is 169 g/mol. The summed E-state index contributed by atoms with van der Waals surface area (Å²) in [4.78, 5) is 0. The molecule has 0 bridgehead atoms. The highest BCUT2D eigenvalue weighted by atomic mass is 19.1. The van der Waals surface area contributed by atoms with E-state index in [2.05, 4.69) is 5.32 Å². The predicted octanol–water partition coefficient (Wildman–Crippen LogP) is 1.63. The minimum Gasteiger partial charge on any atom is -0.370 e. The monoisotopic (exact) mass is 175 g/mol. The summed E-state index contributed by atoms with van der Waals surface area (Å²) in [5.41, 5.74) is 0.501. The quantitative estimate of drug-likeness (QED) is 0.695. The summed E-state index contributed by atoms with van der Waals surface area (Å²) in [7, 11) is 0. The van der Waals surface area contributed by atoms with Crippen molar-refractivity contribution < 1.29 is 4.39 Å². The Balaban J connectivity index is 2.88. The summed E-state index contributed by atoms with van der Waals surface area (Å²) in [6.07, 6.45) is 0. The number of halogens is 1. The SMILES string of the molecule is N#CCNc1ccc(C#N)cc1F. The maximum atomic E-state index is 13.0. The summed E-state index contributed by atoms with van der Waals surface area (Å²) in [6.45, 7) is 0.0445. The molecule has 0 aliphatic rings. The molecule has 13 heavy (non-hydrogen) atoms. The van der Waals surface area contributed by atoms with Crippen LogP contribution in [-0.2, 0) is 0 Å². The van der Waals surface area contributed by atoms with Crippen molar-refractivity contribution in [1.82, 2.24) is 0 Å². The summed E-state index contributed by atoms with van der Waals surface area (Å²) in [5.74, 6) is -0.519. The Morgan fingerprint density at radius 2 is 2.15 bits per heavy atom. The molecule has 0 radical (unpaired) electrons. The summed E-state index contributed by atoms with van der Waals surface area (Å²) in [6, 6.07) is 7.70. The molecule has 1 rings (SSSR count). The van der Waals surface area contributed by atoms with Crippen molar-refractivity contribution in [3.63, 3.8) is 0 Å². The van der Waals surface area contributed by atoms with Crippen molar-refractivity contribution >= 4 is 5.69 Å². The van der Waals surface area contributed by atoms with Crippen LogP contribution in [0.4, 0.5) is 10.1 Å². The second-order valence-corrected chi connectivity index (χ2v) is 2.32. The van der Waals surface area contributed by atoms with Gasteiger partial charge in [0.25, 0.3) is 0 Å². The highest BCUT2D eigenvalue weighted by Crippen LogP contribution is 2.14. The highest BCUT2D eigenvalue weighted by molar-refractivity contribution is 5.49. The Hall–Kier alpha value is -2.07. The molecule has 0 saturated heterocycles. The lowest BCUT2D eigenvalue weighted by molar-refractivity contribution is 0.630. The van der Waals surface area contributed by atoms with Gasteiger partial charge in [0.15, 0.2) is 0 Å². The molecule has 0 atom stereocenters. The van der Waals surface area contributed by atoms with Crippen LogP contribution in [0.15, 0.2) is 18.2 Å². The molecule has 1 aromatic rings. The van der Waals surface area contributed by atoms with Gasteiger partial charge in [0.1, 0.15) is 12.4 Å². The highest BCUT2D eigenvalue weighted by Gasteiger charge is 2.01. The van der Waals surface area contributed by atoms with E-state index in [1.54, 1.807) is 0 Å². The first-order chi connectivity index (χ1) is 6.27. The van der Waals surface area contributed by atoms with Gasteiger partial charge in [-0.25, -0.2) is 4.39 Å². The van der Waals surface area contributed by atoms with Gasteiger partial charge in [-0.05, 0) is 18.2 Å². The lowest BCUT2D eigenvalue weighted by Crippen LogP contribution is -2.00. The first kappa shape index (κ1) is 9.02. The molecular formula is C9H6FN3. The standard InChI is InChI=1S/C9H6FN3/c10-8-5-7(6-12)1-2-9(8)13-4-3-11/h1-2,5,13H,4H2. The Bertz CT molecular complexity index is 387. The van der Waals surface area contributed by atoms with Crippen molar-refractivity contribution in [3.05, 3.63) is 29.6 Å². The molecule has 0 amide bonds. The van der Waals surface area contributed by atoms with E-state index in [0.717, 1.165) is 6.07 Å². The molecule has 1 N–H and O–H groups in total. The molecule has 0 aliphatic heterocycles. The first-order valence-electron chi connectivity index (χ1n) is 3.58. The van der Waals surface area contributed by atoms with Crippen LogP contribution in [0.3, 0.4) is 0 Å². The van der Waals surface area contributed by atoms with Crippen molar-refractivity contribution in [3.8, 4) is 12.1 Å². The van der Waals surface area contributed by atoms with Crippen molar-refractivity contribution in [2.75, 3.05) is 11.9 Å². The van der Waals surface area contributed by atoms with E-state index in [9.17, 15) is 4.39 Å². The Labute approximate surface area is 75.0 Å². The Morgan fingerprint density at radius 1 is 1.38 bits per heavy atom. The normalized spacial score (nSPS) is 8.54. The maximum absolute atomic E-state index is 13.0. The number of benzene rings is 1. The van der Waals surface area contributed by atoms with E-state index in [4.69, 9.17) is 10.5 Å². The van der Waals surface area contributed by atoms with Gasteiger partial charge in [-0.1, -0.05) is 0 Å². The van der Waals surface area contributed by atoms with Gasteiger partial charge in [0, 0.05) is 0 Å². The molecule has 0 fully saturated rings. The molecule has 0 saturated carbocycles. The third kappa shape index (κ3) is 2.18. The van der Waals surface area contributed by atoms with Crippen LogP contribution in [0.5, 0.6) is 0 Å². The number of anilines is 1. The van der Waals surface area contributed by atoms with Crippen LogP contribution in [-0.4, -0.2) is 6.54 Å². The van der Waals surface area contributed by atoms with Crippen LogP contribution in [0, 0.1) is 28.5 Å². The number of rotatable bonds is 2.